The Bertz CT molecular complexity index is 409. The number of hydrogen-bond donors (Lipinski definition) is 0. The van der Waals surface area contributed by atoms with Crippen molar-refractivity contribution in [1.29, 1.82) is 0 Å². The van der Waals surface area contributed by atoms with E-state index in [1.807, 2.05) is 6.07 Å². The van der Waals surface area contributed by atoms with E-state index in [0.717, 1.165) is 29.4 Å². The number of halogens is 2. The van der Waals surface area contributed by atoms with Gasteiger partial charge in [0, 0.05) is 19.0 Å². The van der Waals surface area contributed by atoms with Crippen molar-refractivity contribution in [3.8, 4) is 0 Å². The van der Waals surface area contributed by atoms with Gasteiger partial charge in [-0.05, 0) is 36.0 Å². The lowest BCUT2D eigenvalue weighted by Gasteiger charge is -2.40. The van der Waals surface area contributed by atoms with E-state index in [0.29, 0.717) is 11.3 Å². The molecule has 18 heavy (non-hydrogen) atoms. The normalized spacial score (nSPS) is 19.0. The fourth-order valence-electron chi connectivity index (χ4n) is 2.53. The number of benzene rings is 1. The van der Waals surface area contributed by atoms with Gasteiger partial charge in [0.2, 0.25) is 0 Å². The number of rotatable bonds is 3. The standard InChI is InChI=1S/C15H21Cl2N/c1-3-15(2)6-8-18(9-7-15)14-5-4-12(11-16)10-13(14)17/h4-5,10H,3,6-9,11H2,1-2H3. The third-order valence-electron chi connectivity index (χ3n) is 4.33. The van der Waals surface area contributed by atoms with Crippen LogP contribution in [0.25, 0.3) is 0 Å². The summed E-state index contributed by atoms with van der Waals surface area (Å²) in [5.74, 6) is 0.522. The molecular formula is C15H21Cl2N. The van der Waals surface area contributed by atoms with Gasteiger partial charge in [0.15, 0.2) is 0 Å². The summed E-state index contributed by atoms with van der Waals surface area (Å²) in [7, 11) is 0. The lowest BCUT2D eigenvalue weighted by Crippen LogP contribution is -2.38. The van der Waals surface area contributed by atoms with Gasteiger partial charge < -0.3 is 4.90 Å². The van der Waals surface area contributed by atoms with Crippen LogP contribution in [0.1, 0.15) is 38.7 Å². The number of anilines is 1. The molecular weight excluding hydrogens is 265 g/mol. The zero-order chi connectivity index (χ0) is 13.2. The summed E-state index contributed by atoms with van der Waals surface area (Å²) < 4.78 is 0. The van der Waals surface area contributed by atoms with E-state index >= 15 is 0 Å². The van der Waals surface area contributed by atoms with E-state index in [4.69, 9.17) is 23.2 Å². The highest BCUT2D eigenvalue weighted by Crippen LogP contribution is 2.37. The molecule has 0 bridgehead atoms. The average Bonchev–Trinajstić information content (AvgIpc) is 2.40. The Hall–Kier alpha value is -0.400. The largest absolute Gasteiger partial charge is 0.370 e. The SMILES string of the molecule is CCC1(C)CCN(c2ccc(CCl)cc2Cl)CC1. The molecule has 100 valence electrons. The van der Waals surface area contributed by atoms with E-state index < -0.39 is 0 Å². The van der Waals surface area contributed by atoms with Gasteiger partial charge in [-0.3, -0.25) is 0 Å². The topological polar surface area (TPSA) is 3.24 Å². The van der Waals surface area contributed by atoms with Crippen LogP contribution in [0.3, 0.4) is 0 Å². The summed E-state index contributed by atoms with van der Waals surface area (Å²) in [4.78, 5) is 2.40. The van der Waals surface area contributed by atoms with Crippen LogP contribution in [0, 0.1) is 5.41 Å². The molecule has 0 N–H and O–H groups in total. The minimum atomic E-state index is 0.513. The molecule has 0 spiro atoms. The Balaban J connectivity index is 2.10. The summed E-state index contributed by atoms with van der Waals surface area (Å²) in [5.41, 5.74) is 2.75. The maximum atomic E-state index is 6.35. The number of alkyl halides is 1. The van der Waals surface area contributed by atoms with Crippen LogP contribution < -0.4 is 4.90 Å². The molecule has 1 fully saturated rings. The second-order valence-electron chi connectivity index (χ2n) is 5.57. The summed E-state index contributed by atoms with van der Waals surface area (Å²) in [6.45, 7) is 6.88. The van der Waals surface area contributed by atoms with Crippen molar-refractivity contribution in [3.05, 3.63) is 28.8 Å². The molecule has 0 unspecified atom stereocenters. The molecule has 1 saturated heterocycles. The lowest BCUT2D eigenvalue weighted by molar-refractivity contribution is 0.238. The first-order chi connectivity index (χ1) is 8.58. The van der Waals surface area contributed by atoms with Crippen molar-refractivity contribution in [3.63, 3.8) is 0 Å². The maximum absolute atomic E-state index is 6.35. The van der Waals surface area contributed by atoms with Gasteiger partial charge in [-0.25, -0.2) is 0 Å². The van der Waals surface area contributed by atoms with Crippen molar-refractivity contribution >= 4 is 28.9 Å². The molecule has 1 aromatic rings. The molecule has 0 aliphatic carbocycles. The van der Waals surface area contributed by atoms with Crippen molar-refractivity contribution in [2.45, 2.75) is 39.0 Å². The molecule has 1 heterocycles. The summed E-state index contributed by atoms with van der Waals surface area (Å²) in [5, 5.41) is 0.827. The second kappa shape index (κ2) is 5.71. The second-order valence-corrected chi connectivity index (χ2v) is 6.25. The quantitative estimate of drug-likeness (QED) is 0.699. The van der Waals surface area contributed by atoms with Gasteiger partial charge in [0.1, 0.15) is 0 Å². The molecule has 0 aromatic heterocycles. The van der Waals surface area contributed by atoms with Crippen LogP contribution >= 0.6 is 23.2 Å². The molecule has 0 atom stereocenters. The first kappa shape index (κ1) is 14.0. The monoisotopic (exact) mass is 285 g/mol. The molecule has 3 heteroatoms. The third-order valence-corrected chi connectivity index (χ3v) is 4.94. The van der Waals surface area contributed by atoms with Crippen LogP contribution in [-0.2, 0) is 5.88 Å². The van der Waals surface area contributed by atoms with Gasteiger partial charge >= 0.3 is 0 Å². The van der Waals surface area contributed by atoms with Gasteiger partial charge in [-0.1, -0.05) is 37.9 Å². The first-order valence-corrected chi connectivity index (χ1v) is 7.58. The van der Waals surface area contributed by atoms with Crippen molar-refractivity contribution in [2.75, 3.05) is 18.0 Å². The Morgan fingerprint density at radius 1 is 1.28 bits per heavy atom. The number of hydrogen-bond acceptors (Lipinski definition) is 1. The zero-order valence-corrected chi connectivity index (χ0v) is 12.7. The highest BCUT2D eigenvalue weighted by molar-refractivity contribution is 6.33. The van der Waals surface area contributed by atoms with Gasteiger partial charge in [0.25, 0.3) is 0 Å². The third kappa shape index (κ3) is 2.95. The molecule has 0 radical (unpaired) electrons. The molecule has 0 saturated carbocycles. The van der Waals surface area contributed by atoms with E-state index in [9.17, 15) is 0 Å². The average molecular weight is 286 g/mol. The molecule has 1 aliphatic rings. The van der Waals surface area contributed by atoms with E-state index in [2.05, 4.69) is 30.9 Å². The number of piperidine rings is 1. The van der Waals surface area contributed by atoms with Gasteiger partial charge in [-0.15, -0.1) is 11.6 Å². The predicted molar refractivity (Wildman–Crippen MR) is 80.9 cm³/mol. The van der Waals surface area contributed by atoms with Crippen LogP contribution in [0.4, 0.5) is 5.69 Å². The van der Waals surface area contributed by atoms with Crippen molar-refractivity contribution < 1.29 is 0 Å². The van der Waals surface area contributed by atoms with Crippen LogP contribution in [0.2, 0.25) is 5.02 Å². The fourth-order valence-corrected chi connectivity index (χ4v) is 3.02. The Morgan fingerprint density at radius 3 is 2.44 bits per heavy atom. The first-order valence-electron chi connectivity index (χ1n) is 6.67. The Labute approximate surface area is 120 Å². The molecule has 2 rings (SSSR count). The highest BCUT2D eigenvalue weighted by atomic mass is 35.5. The van der Waals surface area contributed by atoms with Crippen LogP contribution in [0.15, 0.2) is 18.2 Å². The summed E-state index contributed by atoms with van der Waals surface area (Å²) >= 11 is 12.2. The molecule has 1 aromatic carbocycles. The minimum Gasteiger partial charge on any atom is -0.370 e. The van der Waals surface area contributed by atoms with Gasteiger partial charge in [-0.2, -0.15) is 0 Å². The molecule has 1 aliphatic heterocycles. The minimum absolute atomic E-state index is 0.513. The van der Waals surface area contributed by atoms with Crippen molar-refractivity contribution in [1.82, 2.24) is 0 Å². The Kier molecular flexibility index (Phi) is 4.45. The Morgan fingerprint density at radius 2 is 1.94 bits per heavy atom. The zero-order valence-electron chi connectivity index (χ0n) is 11.2. The van der Waals surface area contributed by atoms with Crippen LogP contribution in [0.5, 0.6) is 0 Å². The predicted octanol–water partition coefficient (Wildman–Crippen LogP) is 5.10. The van der Waals surface area contributed by atoms with E-state index in [1.165, 1.54) is 19.3 Å². The molecule has 0 amide bonds. The summed E-state index contributed by atoms with van der Waals surface area (Å²) in [6.07, 6.45) is 3.76. The van der Waals surface area contributed by atoms with Gasteiger partial charge in [0.05, 0.1) is 10.7 Å². The summed E-state index contributed by atoms with van der Waals surface area (Å²) in [6, 6.07) is 6.16. The fraction of sp³-hybridized carbons (Fsp3) is 0.600. The lowest BCUT2D eigenvalue weighted by atomic mass is 9.78. The van der Waals surface area contributed by atoms with Crippen LogP contribution in [-0.4, -0.2) is 13.1 Å². The molecule has 1 nitrogen and oxygen atoms in total. The smallest absolute Gasteiger partial charge is 0.0642 e. The van der Waals surface area contributed by atoms with E-state index in [-0.39, 0.29) is 0 Å². The van der Waals surface area contributed by atoms with Crippen molar-refractivity contribution in [2.24, 2.45) is 5.41 Å². The maximum Gasteiger partial charge on any atom is 0.0642 e. The highest BCUT2D eigenvalue weighted by Gasteiger charge is 2.28. The number of nitrogens with zero attached hydrogens (tertiary/aromatic N) is 1. The van der Waals surface area contributed by atoms with E-state index in [1.54, 1.807) is 0 Å².